The maximum Gasteiger partial charge on any atom is 0.302 e. The van der Waals surface area contributed by atoms with Gasteiger partial charge < -0.3 is 9.30 Å². The van der Waals surface area contributed by atoms with Crippen molar-refractivity contribution in [2.24, 2.45) is 5.92 Å². The van der Waals surface area contributed by atoms with Gasteiger partial charge in [-0.25, -0.2) is 4.98 Å². The van der Waals surface area contributed by atoms with Crippen LogP contribution in [-0.4, -0.2) is 40.9 Å². The predicted molar refractivity (Wildman–Crippen MR) is 73.6 cm³/mol. The van der Waals surface area contributed by atoms with Crippen molar-refractivity contribution in [3.05, 3.63) is 36.3 Å². The highest BCUT2D eigenvalue weighted by Crippen LogP contribution is 2.22. The Morgan fingerprint density at radius 3 is 2.90 bits per heavy atom. The molecule has 0 spiro atoms. The minimum Gasteiger partial charge on any atom is -0.336 e. The summed E-state index contributed by atoms with van der Waals surface area (Å²) < 4.78 is 35.9. The van der Waals surface area contributed by atoms with Crippen molar-refractivity contribution in [1.29, 1.82) is 0 Å². The Morgan fingerprint density at radius 1 is 1.38 bits per heavy atom. The van der Waals surface area contributed by atoms with Crippen molar-refractivity contribution < 1.29 is 17.1 Å². The van der Waals surface area contributed by atoms with Crippen LogP contribution in [0.2, 0.25) is 0 Å². The summed E-state index contributed by atoms with van der Waals surface area (Å²) in [6, 6.07) is 5.60. The Hall–Kier alpha value is -1.96. The fourth-order valence-electron chi connectivity index (χ4n) is 2.66. The highest BCUT2D eigenvalue weighted by Gasteiger charge is 2.33. The molecule has 21 heavy (non-hydrogen) atoms. The second-order valence-corrected chi connectivity index (χ2v) is 6.66. The van der Waals surface area contributed by atoms with E-state index < -0.39 is 21.9 Å². The zero-order chi connectivity index (χ0) is 15.0. The lowest BCUT2D eigenvalue weighted by atomic mass is 10.1. The van der Waals surface area contributed by atoms with E-state index in [0.717, 1.165) is 11.3 Å². The van der Waals surface area contributed by atoms with Crippen LogP contribution < -0.4 is 0 Å². The average Bonchev–Trinajstić information content (AvgIpc) is 2.91. The summed E-state index contributed by atoms with van der Waals surface area (Å²) in [6.45, 7) is 0.555. The fraction of sp³-hybridized carbons (Fsp3) is 0.385. The van der Waals surface area contributed by atoms with E-state index in [1.54, 1.807) is 0 Å². The van der Waals surface area contributed by atoms with Crippen molar-refractivity contribution in [3.8, 4) is 0 Å². The van der Waals surface area contributed by atoms with E-state index in [1.165, 1.54) is 4.90 Å². The zero-order valence-corrected chi connectivity index (χ0v) is 12.0. The first-order valence-corrected chi connectivity index (χ1v) is 8.09. The number of rotatable bonds is 4. The predicted octanol–water partition coefficient (Wildman–Crippen LogP) is 0.982. The molecule has 2 aromatic heterocycles. The summed E-state index contributed by atoms with van der Waals surface area (Å²) in [6.07, 6.45) is 3.74. The van der Waals surface area contributed by atoms with Crippen LogP contribution >= 0.6 is 0 Å². The molecule has 0 aliphatic carbocycles. The third-order valence-corrected chi connectivity index (χ3v) is 4.37. The molecule has 1 aliphatic heterocycles. The second-order valence-electron chi connectivity index (χ2n) is 5.25. The number of carbonyl (C=O) groups excluding carboxylic acids is 1. The molecule has 0 saturated carbocycles. The number of amides is 1. The summed E-state index contributed by atoms with van der Waals surface area (Å²) >= 11 is 0. The maximum atomic E-state index is 12.7. The molecule has 2 aromatic rings. The zero-order valence-electron chi connectivity index (χ0n) is 11.1. The number of imidazole rings is 1. The number of halogens is 1. The van der Waals surface area contributed by atoms with Crippen molar-refractivity contribution in [3.63, 3.8) is 0 Å². The van der Waals surface area contributed by atoms with Gasteiger partial charge in [-0.3, -0.25) is 4.79 Å². The summed E-state index contributed by atoms with van der Waals surface area (Å²) in [4.78, 5) is 17.8. The van der Waals surface area contributed by atoms with Gasteiger partial charge in [0.15, 0.2) is 0 Å². The Bertz CT molecular complexity index is 754. The van der Waals surface area contributed by atoms with E-state index in [4.69, 9.17) is 0 Å². The highest BCUT2D eigenvalue weighted by atomic mass is 32.3. The lowest BCUT2D eigenvalue weighted by Gasteiger charge is -2.14. The van der Waals surface area contributed by atoms with Gasteiger partial charge in [0.05, 0.1) is 18.0 Å². The quantitative estimate of drug-likeness (QED) is 0.789. The van der Waals surface area contributed by atoms with Crippen molar-refractivity contribution in [2.75, 3.05) is 12.3 Å². The normalized spacial score (nSPS) is 19.6. The smallest absolute Gasteiger partial charge is 0.302 e. The Morgan fingerprint density at radius 2 is 2.19 bits per heavy atom. The van der Waals surface area contributed by atoms with Crippen LogP contribution in [0.15, 0.2) is 30.6 Å². The van der Waals surface area contributed by atoms with Gasteiger partial charge in [0.2, 0.25) is 5.91 Å². The minimum atomic E-state index is -4.55. The van der Waals surface area contributed by atoms with Crippen LogP contribution in [0.1, 0.15) is 12.1 Å². The lowest BCUT2D eigenvalue weighted by molar-refractivity contribution is -0.128. The molecule has 112 valence electrons. The topological polar surface area (TPSA) is 71.8 Å². The largest absolute Gasteiger partial charge is 0.336 e. The molecule has 1 unspecified atom stereocenters. The number of pyridine rings is 1. The van der Waals surface area contributed by atoms with Gasteiger partial charge in [0.25, 0.3) is 0 Å². The number of nitrogens with zero attached hydrogens (tertiary/aromatic N) is 3. The van der Waals surface area contributed by atoms with E-state index in [1.807, 2.05) is 35.0 Å². The molecule has 0 aromatic carbocycles. The monoisotopic (exact) mass is 311 g/mol. The number of likely N-dealkylation sites (tertiary alicyclic amines) is 1. The molecule has 0 N–H and O–H groups in total. The van der Waals surface area contributed by atoms with Gasteiger partial charge in [0.1, 0.15) is 5.65 Å². The van der Waals surface area contributed by atoms with Gasteiger partial charge in [-0.05, 0) is 12.1 Å². The van der Waals surface area contributed by atoms with Crippen molar-refractivity contribution in [1.82, 2.24) is 14.3 Å². The first-order valence-electron chi connectivity index (χ1n) is 6.53. The number of fused-ring (bicyclic) bond motifs is 1. The van der Waals surface area contributed by atoms with Crippen LogP contribution in [0.3, 0.4) is 0 Å². The summed E-state index contributed by atoms with van der Waals surface area (Å²) in [5.74, 6) is -1.24. The Kier molecular flexibility index (Phi) is 3.40. The number of carbonyl (C=O) groups is 1. The number of aromatic nitrogens is 2. The molecular formula is C13H14FN3O3S. The van der Waals surface area contributed by atoms with Gasteiger partial charge in [-0.1, -0.05) is 6.07 Å². The number of hydrogen-bond acceptors (Lipinski definition) is 4. The lowest BCUT2D eigenvalue weighted by Crippen LogP contribution is -2.25. The van der Waals surface area contributed by atoms with E-state index in [-0.39, 0.29) is 18.9 Å². The summed E-state index contributed by atoms with van der Waals surface area (Å²) in [5.41, 5.74) is 1.50. The molecule has 0 bridgehead atoms. The molecule has 1 aliphatic rings. The maximum absolute atomic E-state index is 12.7. The summed E-state index contributed by atoms with van der Waals surface area (Å²) in [7, 11) is -4.55. The molecule has 1 amide bonds. The Labute approximate surface area is 121 Å². The molecule has 1 atom stereocenters. The van der Waals surface area contributed by atoms with Gasteiger partial charge in [-0.2, -0.15) is 8.42 Å². The van der Waals surface area contributed by atoms with Crippen LogP contribution in [0, 0.1) is 5.92 Å². The van der Waals surface area contributed by atoms with Gasteiger partial charge in [0, 0.05) is 31.3 Å². The van der Waals surface area contributed by atoms with Crippen LogP contribution in [0.4, 0.5) is 3.89 Å². The van der Waals surface area contributed by atoms with Crippen LogP contribution in [-0.2, 0) is 21.6 Å². The fourth-order valence-corrected chi connectivity index (χ4v) is 3.45. The molecule has 1 saturated heterocycles. The van der Waals surface area contributed by atoms with E-state index in [0.29, 0.717) is 6.54 Å². The third-order valence-electron chi connectivity index (χ3n) is 3.50. The molecular weight excluding hydrogens is 297 g/mol. The third kappa shape index (κ3) is 3.21. The second kappa shape index (κ2) is 5.10. The van der Waals surface area contributed by atoms with E-state index in [2.05, 4.69) is 4.98 Å². The van der Waals surface area contributed by atoms with Gasteiger partial charge in [-0.15, -0.1) is 3.89 Å². The molecule has 3 rings (SSSR count). The molecule has 0 radical (unpaired) electrons. The SMILES string of the molecule is O=C1CC(CS(=O)(=O)F)CN1Cc1cn2ccccc2n1. The molecule has 1 fully saturated rings. The van der Waals surface area contributed by atoms with E-state index >= 15 is 0 Å². The molecule has 6 nitrogen and oxygen atoms in total. The number of hydrogen-bond donors (Lipinski definition) is 0. The van der Waals surface area contributed by atoms with Crippen LogP contribution in [0.5, 0.6) is 0 Å². The Balaban J connectivity index is 1.71. The van der Waals surface area contributed by atoms with E-state index in [9.17, 15) is 17.1 Å². The van der Waals surface area contributed by atoms with Crippen LogP contribution in [0.25, 0.3) is 5.65 Å². The highest BCUT2D eigenvalue weighted by molar-refractivity contribution is 7.86. The van der Waals surface area contributed by atoms with Crippen molar-refractivity contribution in [2.45, 2.75) is 13.0 Å². The standard InChI is InChI=1S/C13H14FN3O3S/c14-21(19,20)9-10-5-13(18)17(6-10)8-11-7-16-4-2-1-3-12(16)15-11/h1-4,7,10H,5-6,8-9H2. The molecule has 8 heteroatoms. The van der Waals surface area contributed by atoms with Crippen molar-refractivity contribution >= 4 is 21.8 Å². The first kappa shape index (κ1) is 14.0. The first-order chi connectivity index (χ1) is 9.90. The summed E-state index contributed by atoms with van der Waals surface area (Å²) in [5, 5.41) is 0. The molecule has 3 heterocycles. The average molecular weight is 311 g/mol. The van der Waals surface area contributed by atoms with Gasteiger partial charge >= 0.3 is 10.2 Å². The minimum absolute atomic E-state index is 0.0660.